The summed E-state index contributed by atoms with van der Waals surface area (Å²) in [5, 5.41) is 12.8. The number of aliphatic carboxylic acids is 1. The zero-order valence-electron chi connectivity index (χ0n) is 22.8. The molecule has 0 radical (unpaired) electrons. The molecule has 0 spiro atoms. The second-order valence-electron chi connectivity index (χ2n) is 10.0. The number of para-hydroxylation sites is 1. The maximum atomic E-state index is 13.5. The summed E-state index contributed by atoms with van der Waals surface area (Å²) in [5.41, 5.74) is 0.928. The number of alkyl halides is 3. The highest BCUT2D eigenvalue weighted by Gasteiger charge is 2.31. The zero-order valence-corrected chi connectivity index (χ0v) is 23.5. The van der Waals surface area contributed by atoms with Crippen molar-refractivity contribution in [1.29, 1.82) is 0 Å². The average Bonchev–Trinajstić information content (AvgIpc) is 3.01. The number of rotatable bonds is 8. The summed E-state index contributed by atoms with van der Waals surface area (Å²) in [5.74, 6) is -1.88. The van der Waals surface area contributed by atoms with E-state index in [-0.39, 0.29) is 29.3 Å². The number of piperazine rings is 1. The van der Waals surface area contributed by atoms with E-state index in [4.69, 9.17) is 11.6 Å². The molecule has 0 bridgehead atoms. The minimum absolute atomic E-state index is 0.0158. The van der Waals surface area contributed by atoms with Crippen molar-refractivity contribution in [3.63, 3.8) is 0 Å². The summed E-state index contributed by atoms with van der Waals surface area (Å²) in [6.07, 6.45) is -4.59. The predicted molar refractivity (Wildman–Crippen MR) is 157 cm³/mol. The summed E-state index contributed by atoms with van der Waals surface area (Å²) >= 11 is 5.92. The molecule has 1 fully saturated rings. The Morgan fingerprint density at radius 3 is 2.21 bits per heavy atom. The van der Waals surface area contributed by atoms with Crippen LogP contribution >= 0.6 is 11.6 Å². The van der Waals surface area contributed by atoms with E-state index in [2.05, 4.69) is 20.2 Å². The number of amides is 1. The lowest BCUT2D eigenvalue weighted by molar-refractivity contribution is -0.139. The highest BCUT2D eigenvalue weighted by Crippen LogP contribution is 2.32. The van der Waals surface area contributed by atoms with Gasteiger partial charge in [0.15, 0.2) is 0 Å². The maximum absolute atomic E-state index is 13.5. The third kappa shape index (κ3) is 7.42. The van der Waals surface area contributed by atoms with E-state index in [1.165, 1.54) is 18.2 Å². The fourth-order valence-electron chi connectivity index (χ4n) is 4.79. The third-order valence-corrected chi connectivity index (χ3v) is 7.32. The number of carbonyl (C=O) groups excluding carboxylic acids is 1. The summed E-state index contributed by atoms with van der Waals surface area (Å²) in [7, 11) is 0. The van der Waals surface area contributed by atoms with Crippen LogP contribution in [0.2, 0.25) is 5.02 Å². The van der Waals surface area contributed by atoms with Crippen LogP contribution in [0.25, 0.3) is 11.3 Å². The van der Waals surface area contributed by atoms with Crippen molar-refractivity contribution in [1.82, 2.24) is 15.3 Å². The molecule has 222 valence electrons. The molecule has 1 saturated heterocycles. The first-order chi connectivity index (χ1) is 20.6. The van der Waals surface area contributed by atoms with Gasteiger partial charge in [-0.1, -0.05) is 54.1 Å². The zero-order chi connectivity index (χ0) is 30.6. The third-order valence-electron chi connectivity index (χ3n) is 7.07. The number of carbonyl (C=O) groups is 2. The standard InChI is InChI=1S/C31H27ClF3N5O3/c32-23-11-9-20(10-12-23)17-27(29(42)43)36-28(41)26-19-25(21-5-4-6-22(18-21)31(33,34)35)37-30(38-26)40-15-13-39(14-16-40)24-7-2-1-3-8-24/h1-12,18-19,27H,13-17H2,(H,36,41)(H,42,43). The smallest absolute Gasteiger partial charge is 0.416 e. The van der Waals surface area contributed by atoms with Crippen LogP contribution in [0.3, 0.4) is 0 Å². The van der Waals surface area contributed by atoms with Crippen LogP contribution in [-0.2, 0) is 17.4 Å². The van der Waals surface area contributed by atoms with Crippen molar-refractivity contribution in [3.8, 4) is 11.3 Å². The van der Waals surface area contributed by atoms with Gasteiger partial charge in [-0.2, -0.15) is 13.2 Å². The number of halogens is 4. The van der Waals surface area contributed by atoms with Gasteiger partial charge in [0.2, 0.25) is 5.95 Å². The van der Waals surface area contributed by atoms with Gasteiger partial charge in [0.05, 0.1) is 11.3 Å². The molecule has 2 heterocycles. The monoisotopic (exact) mass is 609 g/mol. The fraction of sp³-hybridized carbons (Fsp3) is 0.226. The van der Waals surface area contributed by atoms with E-state index in [1.807, 2.05) is 35.2 Å². The van der Waals surface area contributed by atoms with Crippen LogP contribution in [0, 0.1) is 0 Å². The summed E-state index contributed by atoms with van der Waals surface area (Å²) < 4.78 is 40.5. The van der Waals surface area contributed by atoms with Crippen LogP contribution in [0.4, 0.5) is 24.8 Å². The van der Waals surface area contributed by atoms with Crippen molar-refractivity contribution >= 4 is 35.1 Å². The van der Waals surface area contributed by atoms with Gasteiger partial charge in [-0.25, -0.2) is 14.8 Å². The van der Waals surface area contributed by atoms with E-state index in [1.54, 1.807) is 24.3 Å². The number of anilines is 2. The second-order valence-corrected chi connectivity index (χ2v) is 10.5. The average molecular weight is 610 g/mol. The lowest BCUT2D eigenvalue weighted by Gasteiger charge is -2.36. The Morgan fingerprint density at radius 1 is 0.884 bits per heavy atom. The quantitative estimate of drug-likeness (QED) is 0.270. The number of hydrogen-bond acceptors (Lipinski definition) is 6. The van der Waals surface area contributed by atoms with Gasteiger partial charge in [0.1, 0.15) is 11.7 Å². The molecule has 1 aliphatic rings. The van der Waals surface area contributed by atoms with Gasteiger partial charge in [0, 0.05) is 48.9 Å². The number of carboxylic acids is 1. The maximum Gasteiger partial charge on any atom is 0.416 e. The van der Waals surface area contributed by atoms with Crippen molar-refractivity contribution < 1.29 is 27.9 Å². The van der Waals surface area contributed by atoms with Gasteiger partial charge >= 0.3 is 12.1 Å². The Hall–Kier alpha value is -4.64. The van der Waals surface area contributed by atoms with E-state index < -0.39 is 29.7 Å². The van der Waals surface area contributed by atoms with E-state index >= 15 is 0 Å². The van der Waals surface area contributed by atoms with Gasteiger partial charge < -0.3 is 20.2 Å². The van der Waals surface area contributed by atoms with Crippen molar-refractivity contribution in [2.24, 2.45) is 0 Å². The fourth-order valence-corrected chi connectivity index (χ4v) is 4.91. The first-order valence-electron chi connectivity index (χ1n) is 13.5. The minimum atomic E-state index is -4.57. The highest BCUT2D eigenvalue weighted by atomic mass is 35.5. The van der Waals surface area contributed by atoms with E-state index in [0.29, 0.717) is 36.8 Å². The summed E-state index contributed by atoms with van der Waals surface area (Å²) in [6.45, 7) is 2.25. The Kier molecular flexibility index (Phi) is 8.81. The first-order valence-corrected chi connectivity index (χ1v) is 13.8. The molecule has 1 atom stereocenters. The normalized spacial score (nSPS) is 14.3. The van der Waals surface area contributed by atoms with E-state index in [0.717, 1.165) is 17.8 Å². The minimum Gasteiger partial charge on any atom is -0.480 e. The molecule has 1 aliphatic heterocycles. The molecule has 1 unspecified atom stereocenters. The SMILES string of the molecule is O=C(NC(Cc1ccc(Cl)cc1)C(=O)O)c1cc(-c2cccc(C(F)(F)F)c2)nc(N2CCN(c3ccccc3)CC2)n1. The summed E-state index contributed by atoms with van der Waals surface area (Å²) in [6, 6.07) is 21.0. The molecule has 12 heteroatoms. The molecule has 0 saturated carbocycles. The van der Waals surface area contributed by atoms with Crippen molar-refractivity contribution in [2.45, 2.75) is 18.6 Å². The lowest BCUT2D eigenvalue weighted by atomic mass is 10.1. The Balaban J connectivity index is 1.44. The molecular formula is C31H27ClF3N5O3. The number of carboxylic acid groups (broad SMARTS) is 1. The molecule has 5 rings (SSSR count). The molecule has 43 heavy (non-hydrogen) atoms. The number of nitrogens with one attached hydrogen (secondary N) is 1. The second kappa shape index (κ2) is 12.7. The van der Waals surface area contributed by atoms with Crippen molar-refractivity contribution in [3.05, 3.63) is 107 Å². The molecule has 3 aromatic carbocycles. The van der Waals surface area contributed by atoms with Gasteiger partial charge in [-0.15, -0.1) is 0 Å². The molecule has 8 nitrogen and oxygen atoms in total. The van der Waals surface area contributed by atoms with E-state index in [9.17, 15) is 27.9 Å². The van der Waals surface area contributed by atoms with Crippen molar-refractivity contribution in [2.75, 3.05) is 36.0 Å². The van der Waals surface area contributed by atoms with Gasteiger partial charge in [-0.3, -0.25) is 4.79 Å². The Morgan fingerprint density at radius 2 is 1.56 bits per heavy atom. The number of hydrogen-bond donors (Lipinski definition) is 2. The lowest BCUT2D eigenvalue weighted by Crippen LogP contribution is -2.47. The van der Waals surface area contributed by atoms with Crippen LogP contribution in [-0.4, -0.2) is 59.2 Å². The van der Waals surface area contributed by atoms with Gasteiger partial charge in [0.25, 0.3) is 5.91 Å². The molecule has 1 aromatic heterocycles. The summed E-state index contributed by atoms with van der Waals surface area (Å²) in [4.78, 5) is 38.4. The number of benzene rings is 3. The predicted octanol–water partition coefficient (Wildman–Crippen LogP) is 5.57. The van der Waals surface area contributed by atoms with Crippen LogP contribution in [0.15, 0.2) is 84.9 Å². The largest absolute Gasteiger partial charge is 0.480 e. The topological polar surface area (TPSA) is 98.7 Å². The molecular weight excluding hydrogens is 583 g/mol. The van der Waals surface area contributed by atoms with Crippen LogP contribution in [0.5, 0.6) is 0 Å². The highest BCUT2D eigenvalue weighted by molar-refractivity contribution is 6.30. The van der Waals surface area contributed by atoms with Crippen LogP contribution in [0.1, 0.15) is 21.6 Å². The molecule has 1 amide bonds. The van der Waals surface area contributed by atoms with Gasteiger partial charge in [-0.05, 0) is 48.0 Å². The molecule has 0 aliphatic carbocycles. The molecule has 2 N–H and O–H groups in total. The Labute approximate surface area is 250 Å². The first kappa shape index (κ1) is 29.8. The number of aromatic nitrogens is 2. The number of nitrogens with zero attached hydrogens (tertiary/aromatic N) is 4. The van der Waals surface area contributed by atoms with Crippen LogP contribution < -0.4 is 15.1 Å². The Bertz CT molecular complexity index is 1590. The molecule has 4 aromatic rings.